The van der Waals surface area contributed by atoms with Gasteiger partial charge < -0.3 is 9.47 Å². The fourth-order valence-electron chi connectivity index (χ4n) is 0.757. The summed E-state index contributed by atoms with van der Waals surface area (Å²) in [5, 5.41) is 0. The highest BCUT2D eigenvalue weighted by Crippen LogP contribution is 2.43. The van der Waals surface area contributed by atoms with Crippen LogP contribution in [-0.2, 0) is 9.47 Å². The Labute approximate surface area is 71.4 Å². The molecule has 0 aromatic heterocycles. The predicted octanol–water partition coefficient (Wildman–Crippen LogP) is 2.64. The summed E-state index contributed by atoms with van der Waals surface area (Å²) in [4.78, 5) is 0. The molecule has 74 valence electrons. The van der Waals surface area contributed by atoms with Gasteiger partial charge >= 0.3 is 12.2 Å². The SMILES string of the molecule is C=CC1=C(C)OC(F)(F)C(F)(F)O1. The number of allylic oxidation sites excluding steroid dienone is 2. The number of rotatable bonds is 1. The lowest BCUT2D eigenvalue weighted by Gasteiger charge is -2.31. The molecule has 2 nitrogen and oxygen atoms in total. The first-order chi connectivity index (χ1) is 5.80. The smallest absolute Gasteiger partial charge is 0.426 e. The summed E-state index contributed by atoms with van der Waals surface area (Å²) in [5.74, 6) is -0.915. The molecule has 0 saturated heterocycles. The lowest BCUT2D eigenvalue weighted by Crippen LogP contribution is -2.47. The van der Waals surface area contributed by atoms with Crippen LogP contribution in [-0.4, -0.2) is 12.2 Å². The van der Waals surface area contributed by atoms with E-state index in [2.05, 4.69) is 16.1 Å². The van der Waals surface area contributed by atoms with E-state index in [0.29, 0.717) is 0 Å². The number of ether oxygens (including phenoxy) is 2. The van der Waals surface area contributed by atoms with Crippen LogP contribution in [0.25, 0.3) is 0 Å². The van der Waals surface area contributed by atoms with Crippen LogP contribution in [0.15, 0.2) is 24.2 Å². The van der Waals surface area contributed by atoms with Gasteiger partial charge in [-0.3, -0.25) is 0 Å². The molecule has 0 aliphatic carbocycles. The maximum absolute atomic E-state index is 12.4. The summed E-state index contributed by atoms with van der Waals surface area (Å²) in [7, 11) is 0. The second-order valence-electron chi connectivity index (χ2n) is 2.36. The average molecular weight is 198 g/mol. The van der Waals surface area contributed by atoms with Gasteiger partial charge in [0.05, 0.1) is 0 Å². The van der Waals surface area contributed by atoms with E-state index in [0.717, 1.165) is 13.0 Å². The normalized spacial score (nSPS) is 24.7. The lowest BCUT2D eigenvalue weighted by molar-refractivity contribution is -0.425. The van der Waals surface area contributed by atoms with Crippen molar-refractivity contribution in [3.05, 3.63) is 24.2 Å². The minimum atomic E-state index is -4.66. The molecule has 0 N–H and O–H groups in total. The summed E-state index contributed by atoms with van der Waals surface area (Å²) in [6.45, 7) is 4.19. The second kappa shape index (κ2) is 2.65. The van der Waals surface area contributed by atoms with Gasteiger partial charge in [0.1, 0.15) is 5.76 Å². The summed E-state index contributed by atoms with van der Waals surface area (Å²) in [6.07, 6.45) is -8.42. The maximum atomic E-state index is 12.4. The first-order valence-corrected chi connectivity index (χ1v) is 3.27. The molecule has 1 aliphatic heterocycles. The first-order valence-electron chi connectivity index (χ1n) is 3.27. The first kappa shape index (κ1) is 9.88. The van der Waals surface area contributed by atoms with Crippen LogP contribution in [0, 0.1) is 0 Å². The van der Waals surface area contributed by atoms with Gasteiger partial charge in [-0.15, -0.1) is 0 Å². The van der Waals surface area contributed by atoms with Crippen LogP contribution < -0.4 is 0 Å². The average Bonchev–Trinajstić information content (AvgIpc) is 1.96. The predicted molar refractivity (Wildman–Crippen MR) is 35.0 cm³/mol. The van der Waals surface area contributed by atoms with Gasteiger partial charge in [-0.1, -0.05) is 6.58 Å². The monoisotopic (exact) mass is 198 g/mol. The van der Waals surface area contributed by atoms with Crippen molar-refractivity contribution in [1.29, 1.82) is 0 Å². The van der Waals surface area contributed by atoms with E-state index in [9.17, 15) is 17.6 Å². The van der Waals surface area contributed by atoms with Crippen molar-refractivity contribution in [2.75, 3.05) is 0 Å². The second-order valence-corrected chi connectivity index (χ2v) is 2.36. The van der Waals surface area contributed by atoms with Crippen molar-refractivity contribution >= 4 is 0 Å². The van der Waals surface area contributed by atoms with Gasteiger partial charge in [0.15, 0.2) is 5.76 Å². The third kappa shape index (κ3) is 1.48. The van der Waals surface area contributed by atoms with Crippen molar-refractivity contribution < 1.29 is 27.0 Å². The lowest BCUT2D eigenvalue weighted by atomic mass is 10.3. The molecule has 0 aromatic rings. The molecule has 13 heavy (non-hydrogen) atoms. The van der Waals surface area contributed by atoms with Crippen LogP contribution in [0.3, 0.4) is 0 Å². The van der Waals surface area contributed by atoms with Crippen molar-refractivity contribution in [1.82, 2.24) is 0 Å². The molecule has 1 heterocycles. The van der Waals surface area contributed by atoms with Crippen molar-refractivity contribution in [2.45, 2.75) is 19.1 Å². The van der Waals surface area contributed by atoms with Crippen LogP contribution in [0.5, 0.6) is 0 Å². The summed E-state index contributed by atoms with van der Waals surface area (Å²) < 4.78 is 57.0. The van der Waals surface area contributed by atoms with Crippen LogP contribution in [0.4, 0.5) is 17.6 Å². The Morgan fingerprint density at radius 1 is 1.15 bits per heavy atom. The molecule has 0 aromatic carbocycles. The minimum absolute atomic E-state index is 0.425. The zero-order chi connectivity index (χ0) is 10.3. The standard InChI is InChI=1S/C7H6F4O2/c1-3-5-4(2)12-6(8,9)7(10,11)13-5/h3H,1H2,2H3. The van der Waals surface area contributed by atoms with E-state index in [-0.39, 0.29) is 0 Å². The van der Waals surface area contributed by atoms with Gasteiger partial charge in [-0.05, 0) is 13.0 Å². The van der Waals surface area contributed by atoms with Crippen LogP contribution in [0.2, 0.25) is 0 Å². The summed E-state index contributed by atoms with van der Waals surface area (Å²) in [6, 6.07) is 0. The van der Waals surface area contributed by atoms with E-state index in [1.54, 1.807) is 0 Å². The molecular formula is C7H6F4O2. The fraction of sp³-hybridized carbons (Fsp3) is 0.429. The number of hydrogen-bond donors (Lipinski definition) is 0. The van der Waals surface area contributed by atoms with E-state index in [4.69, 9.17) is 0 Å². The molecule has 0 fully saturated rings. The zero-order valence-corrected chi connectivity index (χ0v) is 6.61. The Hall–Kier alpha value is -1.20. The Morgan fingerprint density at radius 2 is 1.62 bits per heavy atom. The number of halogens is 4. The highest BCUT2D eigenvalue weighted by Gasteiger charge is 2.65. The van der Waals surface area contributed by atoms with Crippen LogP contribution >= 0.6 is 0 Å². The highest BCUT2D eigenvalue weighted by atomic mass is 19.3. The van der Waals surface area contributed by atoms with Gasteiger partial charge in [0.2, 0.25) is 0 Å². The molecule has 0 radical (unpaired) electrons. The van der Waals surface area contributed by atoms with Crippen molar-refractivity contribution in [3.8, 4) is 0 Å². The Morgan fingerprint density at radius 3 is 2.08 bits per heavy atom. The molecule has 0 spiro atoms. The Kier molecular flexibility index (Phi) is 2.01. The zero-order valence-electron chi connectivity index (χ0n) is 6.61. The number of alkyl halides is 4. The van der Waals surface area contributed by atoms with E-state index >= 15 is 0 Å². The Balaban J connectivity index is 3.06. The molecule has 0 unspecified atom stereocenters. The van der Waals surface area contributed by atoms with E-state index in [1.807, 2.05) is 0 Å². The summed E-state index contributed by atoms with van der Waals surface area (Å²) >= 11 is 0. The van der Waals surface area contributed by atoms with Gasteiger partial charge in [0.25, 0.3) is 0 Å². The molecule has 0 amide bonds. The van der Waals surface area contributed by atoms with Crippen molar-refractivity contribution in [3.63, 3.8) is 0 Å². The molecule has 0 saturated carbocycles. The molecular weight excluding hydrogens is 192 g/mol. The van der Waals surface area contributed by atoms with Crippen LogP contribution in [0.1, 0.15) is 6.92 Å². The molecule has 0 bridgehead atoms. The molecule has 1 aliphatic rings. The third-order valence-electron chi connectivity index (χ3n) is 1.39. The quantitative estimate of drug-likeness (QED) is 0.603. The van der Waals surface area contributed by atoms with E-state index < -0.39 is 23.7 Å². The topological polar surface area (TPSA) is 18.5 Å². The minimum Gasteiger partial charge on any atom is -0.426 e. The van der Waals surface area contributed by atoms with E-state index in [1.165, 1.54) is 0 Å². The van der Waals surface area contributed by atoms with Gasteiger partial charge in [0, 0.05) is 0 Å². The highest BCUT2D eigenvalue weighted by molar-refractivity contribution is 5.15. The third-order valence-corrected chi connectivity index (χ3v) is 1.39. The van der Waals surface area contributed by atoms with Gasteiger partial charge in [-0.25, -0.2) is 0 Å². The molecule has 0 atom stereocenters. The summed E-state index contributed by atoms with van der Waals surface area (Å²) in [5.41, 5.74) is 0. The molecule has 6 heteroatoms. The fourth-order valence-corrected chi connectivity index (χ4v) is 0.757. The maximum Gasteiger partial charge on any atom is 0.507 e. The van der Waals surface area contributed by atoms with Gasteiger partial charge in [-0.2, -0.15) is 17.6 Å². The Bertz CT molecular complexity index is 270. The largest absolute Gasteiger partial charge is 0.507 e. The number of hydrogen-bond acceptors (Lipinski definition) is 2. The van der Waals surface area contributed by atoms with Crippen molar-refractivity contribution in [2.24, 2.45) is 0 Å². The molecule has 1 rings (SSSR count).